The summed E-state index contributed by atoms with van der Waals surface area (Å²) in [5, 5.41) is 15.6. The van der Waals surface area contributed by atoms with Crippen molar-refractivity contribution in [2.45, 2.75) is 13.2 Å². The quantitative estimate of drug-likeness (QED) is 0.355. The van der Waals surface area contributed by atoms with E-state index >= 15 is 0 Å². The third-order valence-electron chi connectivity index (χ3n) is 2.21. The van der Waals surface area contributed by atoms with Crippen LogP contribution in [0.2, 0.25) is 0 Å². The molecular formula is C9H18N4O5. The lowest BCUT2D eigenvalue weighted by Gasteiger charge is -2.21. The zero-order chi connectivity index (χ0) is 13.4. The average Bonchev–Trinajstić information content (AvgIpc) is 2.73. The second-order valence-corrected chi connectivity index (χ2v) is 3.49. The molecule has 9 heteroatoms. The number of ether oxygens (including phenoxy) is 3. The second-order valence-electron chi connectivity index (χ2n) is 3.49. The first-order valence-electron chi connectivity index (χ1n) is 5.61. The topological polar surface area (TPSA) is 98.5 Å². The van der Waals surface area contributed by atoms with Crippen molar-refractivity contribution in [2.75, 3.05) is 40.1 Å². The Kier molecular flexibility index (Phi) is 6.33. The minimum atomic E-state index is -0.740. The minimum absolute atomic E-state index is 0.160. The number of rotatable bonds is 8. The van der Waals surface area contributed by atoms with Gasteiger partial charge in [-0.25, -0.2) is 10.1 Å². The van der Waals surface area contributed by atoms with Gasteiger partial charge in [-0.1, -0.05) is 0 Å². The molecule has 0 aliphatic carbocycles. The van der Waals surface area contributed by atoms with Crippen molar-refractivity contribution in [3.05, 3.63) is 10.1 Å². The molecule has 9 nitrogen and oxygen atoms in total. The Morgan fingerprint density at radius 3 is 3.00 bits per heavy atom. The second kappa shape index (κ2) is 7.80. The van der Waals surface area contributed by atoms with Crippen molar-refractivity contribution in [1.82, 2.24) is 10.2 Å². The van der Waals surface area contributed by atoms with Crippen LogP contribution in [0.4, 0.5) is 0 Å². The van der Waals surface area contributed by atoms with Crippen LogP contribution in [-0.2, 0) is 14.2 Å². The number of guanidine groups is 1. The highest BCUT2D eigenvalue weighted by Crippen LogP contribution is 2.02. The van der Waals surface area contributed by atoms with Gasteiger partial charge in [0.05, 0.1) is 6.61 Å². The summed E-state index contributed by atoms with van der Waals surface area (Å²) in [5.41, 5.74) is 0. The van der Waals surface area contributed by atoms with Crippen molar-refractivity contribution in [2.24, 2.45) is 5.10 Å². The molecule has 1 aliphatic heterocycles. The molecule has 1 atom stereocenters. The standard InChI is InChI=1S/C9H18N4O5/c1-3-17-8(6-16-2)18-7-12-5-4-10-9(12)11-13(14)15/h8H,3-7H2,1-2H3,(H,10,11). The largest absolute Gasteiger partial charge is 0.379 e. The normalized spacial score (nSPS) is 19.0. The Labute approximate surface area is 105 Å². The molecule has 1 saturated heterocycles. The van der Waals surface area contributed by atoms with E-state index in [1.54, 1.807) is 12.0 Å². The van der Waals surface area contributed by atoms with Crippen LogP contribution in [-0.4, -0.2) is 62.3 Å². The van der Waals surface area contributed by atoms with Crippen LogP contribution in [0.1, 0.15) is 6.92 Å². The summed E-state index contributed by atoms with van der Waals surface area (Å²) in [7, 11) is 1.55. The molecule has 0 radical (unpaired) electrons. The van der Waals surface area contributed by atoms with Crippen molar-refractivity contribution in [1.29, 1.82) is 0 Å². The van der Waals surface area contributed by atoms with Gasteiger partial charge in [0.25, 0.3) is 5.96 Å². The molecule has 0 aromatic heterocycles. The van der Waals surface area contributed by atoms with Crippen LogP contribution >= 0.6 is 0 Å². The molecule has 1 aliphatic rings. The van der Waals surface area contributed by atoms with Crippen LogP contribution in [0.15, 0.2) is 5.10 Å². The fourth-order valence-electron chi connectivity index (χ4n) is 1.46. The molecule has 1 N–H and O–H groups in total. The lowest BCUT2D eigenvalue weighted by atomic mass is 10.6. The van der Waals surface area contributed by atoms with E-state index in [2.05, 4.69) is 10.4 Å². The first-order valence-corrected chi connectivity index (χ1v) is 5.61. The van der Waals surface area contributed by atoms with Gasteiger partial charge < -0.3 is 24.4 Å². The highest BCUT2D eigenvalue weighted by Gasteiger charge is 2.22. The van der Waals surface area contributed by atoms with Crippen molar-refractivity contribution >= 4 is 5.96 Å². The van der Waals surface area contributed by atoms with E-state index < -0.39 is 11.3 Å². The number of nitrogens with zero attached hydrogens (tertiary/aromatic N) is 3. The zero-order valence-electron chi connectivity index (χ0n) is 10.5. The van der Waals surface area contributed by atoms with E-state index in [-0.39, 0.29) is 12.7 Å². The third kappa shape index (κ3) is 4.82. The van der Waals surface area contributed by atoms with Crippen LogP contribution in [0.3, 0.4) is 0 Å². The fourth-order valence-corrected chi connectivity index (χ4v) is 1.46. The summed E-state index contributed by atoms with van der Waals surface area (Å²) in [5.74, 6) is 0.202. The van der Waals surface area contributed by atoms with Crippen molar-refractivity contribution in [3.63, 3.8) is 0 Å². The molecule has 0 saturated carbocycles. The highest BCUT2D eigenvalue weighted by atomic mass is 16.7. The summed E-state index contributed by atoms with van der Waals surface area (Å²) in [6, 6.07) is 0. The molecule has 1 heterocycles. The van der Waals surface area contributed by atoms with E-state index in [0.717, 1.165) is 0 Å². The molecule has 18 heavy (non-hydrogen) atoms. The molecule has 1 fully saturated rings. The van der Waals surface area contributed by atoms with Gasteiger partial charge in [-0.05, 0) is 6.92 Å². The molecule has 0 amide bonds. The van der Waals surface area contributed by atoms with E-state index in [4.69, 9.17) is 14.2 Å². The molecule has 0 aromatic rings. The first-order chi connectivity index (χ1) is 8.67. The molecule has 1 unspecified atom stereocenters. The summed E-state index contributed by atoms with van der Waals surface area (Å²) >= 11 is 0. The van der Waals surface area contributed by atoms with Crippen molar-refractivity contribution in [3.8, 4) is 0 Å². The van der Waals surface area contributed by atoms with Crippen LogP contribution in [0.25, 0.3) is 0 Å². The van der Waals surface area contributed by atoms with Gasteiger partial charge in [0.1, 0.15) is 11.8 Å². The maximum absolute atomic E-state index is 10.3. The maximum atomic E-state index is 10.3. The number of hydrazone groups is 1. The van der Waals surface area contributed by atoms with Crippen LogP contribution < -0.4 is 5.32 Å². The van der Waals surface area contributed by atoms with Gasteiger partial charge >= 0.3 is 0 Å². The molecule has 104 valence electrons. The predicted molar refractivity (Wildman–Crippen MR) is 62.4 cm³/mol. The molecule has 0 aromatic carbocycles. The Hall–Kier alpha value is -1.45. The molecular weight excluding hydrogens is 244 g/mol. The lowest BCUT2D eigenvalue weighted by molar-refractivity contribution is -0.485. The first kappa shape index (κ1) is 14.6. The van der Waals surface area contributed by atoms with E-state index in [1.807, 2.05) is 6.92 Å². The van der Waals surface area contributed by atoms with E-state index in [9.17, 15) is 10.1 Å². The summed E-state index contributed by atoms with van der Waals surface area (Å²) in [6.45, 7) is 4.01. The molecule has 0 bridgehead atoms. The molecule has 0 spiro atoms. The van der Waals surface area contributed by atoms with E-state index in [1.165, 1.54) is 0 Å². The van der Waals surface area contributed by atoms with Gasteiger partial charge in [0, 0.05) is 26.8 Å². The maximum Gasteiger partial charge on any atom is 0.273 e. The Morgan fingerprint density at radius 1 is 1.61 bits per heavy atom. The Morgan fingerprint density at radius 2 is 2.39 bits per heavy atom. The average molecular weight is 262 g/mol. The number of nitrogens with one attached hydrogen (secondary N) is 1. The van der Waals surface area contributed by atoms with Gasteiger partial charge in [0.15, 0.2) is 11.3 Å². The number of nitro groups is 1. The van der Waals surface area contributed by atoms with Gasteiger partial charge in [-0.3, -0.25) is 0 Å². The smallest absolute Gasteiger partial charge is 0.273 e. The number of hydrogen-bond acceptors (Lipinski definition) is 5. The van der Waals surface area contributed by atoms with Crippen LogP contribution in [0.5, 0.6) is 0 Å². The van der Waals surface area contributed by atoms with E-state index in [0.29, 0.717) is 26.3 Å². The van der Waals surface area contributed by atoms with Crippen molar-refractivity contribution < 1.29 is 19.2 Å². The monoisotopic (exact) mass is 262 g/mol. The summed E-state index contributed by atoms with van der Waals surface area (Å²) in [4.78, 5) is 11.9. The SMILES string of the molecule is CCOC(COC)OCN1CCN/C1=N\[N+](=O)[O-]. The molecule has 1 rings (SSSR count). The Bertz CT molecular complexity index is 293. The lowest BCUT2D eigenvalue weighted by Crippen LogP contribution is -2.36. The third-order valence-corrected chi connectivity index (χ3v) is 2.21. The summed E-state index contributed by atoms with van der Waals surface area (Å²) < 4.78 is 15.7. The number of hydrogen-bond donors (Lipinski definition) is 1. The number of methoxy groups -OCH3 is 1. The van der Waals surface area contributed by atoms with Gasteiger partial charge in [-0.2, -0.15) is 0 Å². The Balaban J connectivity index is 2.43. The van der Waals surface area contributed by atoms with Gasteiger partial charge in [0.2, 0.25) is 0 Å². The zero-order valence-corrected chi connectivity index (χ0v) is 10.5. The van der Waals surface area contributed by atoms with Gasteiger partial charge in [-0.15, -0.1) is 0 Å². The highest BCUT2D eigenvalue weighted by molar-refractivity contribution is 5.81. The minimum Gasteiger partial charge on any atom is -0.379 e. The predicted octanol–water partition coefficient (Wildman–Crippen LogP) is -0.578. The summed E-state index contributed by atoms with van der Waals surface area (Å²) in [6.07, 6.45) is -0.488. The van der Waals surface area contributed by atoms with Crippen LogP contribution in [0, 0.1) is 10.1 Å². The fraction of sp³-hybridized carbons (Fsp3) is 0.889.